The van der Waals surface area contributed by atoms with Crippen LogP contribution in [-0.4, -0.2) is 31.1 Å². The maximum absolute atomic E-state index is 5.97. The van der Waals surface area contributed by atoms with Gasteiger partial charge >= 0.3 is 0 Å². The van der Waals surface area contributed by atoms with Crippen LogP contribution in [0.1, 0.15) is 36.8 Å². The van der Waals surface area contributed by atoms with Gasteiger partial charge in [-0.25, -0.2) is 0 Å². The number of nitrogens with zero attached hydrogens (tertiary/aromatic N) is 1. The summed E-state index contributed by atoms with van der Waals surface area (Å²) in [5.41, 5.74) is 2.62. The van der Waals surface area contributed by atoms with E-state index in [2.05, 4.69) is 23.2 Å². The second kappa shape index (κ2) is 7.88. The van der Waals surface area contributed by atoms with E-state index < -0.39 is 0 Å². The summed E-state index contributed by atoms with van der Waals surface area (Å²) < 4.78 is 0. The van der Waals surface area contributed by atoms with Gasteiger partial charge in [0.05, 0.1) is 0 Å². The average Bonchev–Trinajstić information content (AvgIpc) is 2.65. The predicted molar refractivity (Wildman–Crippen MR) is 82.8 cm³/mol. The highest BCUT2D eigenvalue weighted by Crippen LogP contribution is 2.15. The molecule has 3 heteroatoms. The Morgan fingerprint density at radius 2 is 1.89 bits per heavy atom. The van der Waals surface area contributed by atoms with Crippen molar-refractivity contribution in [3.05, 3.63) is 34.3 Å². The zero-order valence-electron chi connectivity index (χ0n) is 11.9. The number of rotatable bonds is 5. The molecule has 1 heterocycles. The van der Waals surface area contributed by atoms with E-state index in [1.165, 1.54) is 56.4 Å². The van der Waals surface area contributed by atoms with Crippen LogP contribution in [0.5, 0.6) is 0 Å². The van der Waals surface area contributed by atoms with Crippen molar-refractivity contribution in [2.45, 2.75) is 39.2 Å². The van der Waals surface area contributed by atoms with E-state index in [0.29, 0.717) is 0 Å². The Morgan fingerprint density at radius 3 is 2.58 bits per heavy atom. The van der Waals surface area contributed by atoms with Crippen molar-refractivity contribution < 1.29 is 0 Å². The van der Waals surface area contributed by atoms with Crippen molar-refractivity contribution >= 4 is 11.6 Å². The zero-order valence-corrected chi connectivity index (χ0v) is 12.7. The van der Waals surface area contributed by atoms with Crippen molar-refractivity contribution in [2.24, 2.45) is 0 Å². The molecule has 1 aromatic carbocycles. The summed E-state index contributed by atoms with van der Waals surface area (Å²) in [6, 6.07) is 6.13. The summed E-state index contributed by atoms with van der Waals surface area (Å²) in [5, 5.41) is 4.37. The Morgan fingerprint density at radius 1 is 1.16 bits per heavy atom. The maximum Gasteiger partial charge on any atom is 0.0408 e. The molecular formula is C16H25ClN2. The monoisotopic (exact) mass is 280 g/mol. The predicted octanol–water partition coefficient (Wildman–Crippen LogP) is 3.61. The normalized spacial score (nSPS) is 17.4. The number of likely N-dealkylation sites (tertiary alicyclic amines) is 1. The minimum Gasteiger partial charge on any atom is -0.311 e. The van der Waals surface area contributed by atoms with E-state index in [1.807, 2.05) is 12.1 Å². The first-order valence-corrected chi connectivity index (χ1v) is 7.81. The Balaban J connectivity index is 1.68. The Hall–Kier alpha value is -0.570. The highest BCUT2D eigenvalue weighted by molar-refractivity contribution is 6.30. The first kappa shape index (κ1) is 14.8. The van der Waals surface area contributed by atoms with Gasteiger partial charge in [0.2, 0.25) is 0 Å². The summed E-state index contributed by atoms with van der Waals surface area (Å²) in [5.74, 6) is 0. The minimum absolute atomic E-state index is 0.825. The average molecular weight is 281 g/mol. The molecule has 0 aliphatic carbocycles. The molecule has 0 spiro atoms. The van der Waals surface area contributed by atoms with E-state index in [-0.39, 0.29) is 0 Å². The Labute approximate surface area is 122 Å². The number of nitrogens with one attached hydrogen (secondary N) is 1. The standard InChI is InChI=1S/C16H25ClN2/c1-14-12-16(17)7-6-15(14)13-18-8-11-19-9-4-2-3-5-10-19/h6-7,12,18H,2-5,8-11,13H2,1H3. The fourth-order valence-electron chi connectivity index (χ4n) is 2.68. The highest BCUT2D eigenvalue weighted by atomic mass is 35.5. The van der Waals surface area contributed by atoms with Crippen LogP contribution < -0.4 is 5.32 Å². The molecule has 1 saturated heterocycles. The quantitative estimate of drug-likeness (QED) is 0.829. The van der Waals surface area contributed by atoms with Gasteiger partial charge in [-0.2, -0.15) is 0 Å². The molecule has 19 heavy (non-hydrogen) atoms. The molecule has 0 aromatic heterocycles. The van der Waals surface area contributed by atoms with Gasteiger partial charge < -0.3 is 10.2 Å². The van der Waals surface area contributed by atoms with Crippen molar-refractivity contribution in [1.82, 2.24) is 10.2 Å². The van der Waals surface area contributed by atoms with Gasteiger partial charge in [0.1, 0.15) is 0 Å². The Bertz CT molecular complexity index is 384. The molecule has 1 aromatic rings. The molecular weight excluding hydrogens is 256 g/mol. The summed E-state index contributed by atoms with van der Waals surface area (Å²) in [4.78, 5) is 2.59. The summed E-state index contributed by atoms with van der Waals surface area (Å²) in [6.07, 6.45) is 5.56. The topological polar surface area (TPSA) is 15.3 Å². The molecule has 1 fully saturated rings. The molecule has 0 bridgehead atoms. The first-order valence-electron chi connectivity index (χ1n) is 7.44. The molecule has 2 rings (SSSR count). The first-order chi connectivity index (χ1) is 9.25. The van der Waals surface area contributed by atoms with Gasteiger partial charge in [0.15, 0.2) is 0 Å². The van der Waals surface area contributed by atoms with Gasteiger partial charge in [-0.05, 0) is 56.1 Å². The van der Waals surface area contributed by atoms with Gasteiger partial charge in [-0.3, -0.25) is 0 Å². The Kier molecular flexibility index (Phi) is 6.15. The molecule has 2 nitrogen and oxygen atoms in total. The fourth-order valence-corrected chi connectivity index (χ4v) is 2.90. The van der Waals surface area contributed by atoms with Crippen LogP contribution in [0, 0.1) is 6.92 Å². The van der Waals surface area contributed by atoms with Crippen molar-refractivity contribution in [1.29, 1.82) is 0 Å². The maximum atomic E-state index is 5.97. The summed E-state index contributed by atoms with van der Waals surface area (Å²) in [7, 11) is 0. The van der Waals surface area contributed by atoms with Gasteiger partial charge in [-0.15, -0.1) is 0 Å². The lowest BCUT2D eigenvalue weighted by Gasteiger charge is -2.20. The molecule has 1 aliphatic heterocycles. The number of hydrogen-bond donors (Lipinski definition) is 1. The third kappa shape index (κ3) is 5.13. The minimum atomic E-state index is 0.825. The van der Waals surface area contributed by atoms with Crippen molar-refractivity contribution in [3.63, 3.8) is 0 Å². The number of benzene rings is 1. The fraction of sp³-hybridized carbons (Fsp3) is 0.625. The smallest absolute Gasteiger partial charge is 0.0408 e. The highest BCUT2D eigenvalue weighted by Gasteiger charge is 2.08. The zero-order chi connectivity index (χ0) is 13.5. The van der Waals surface area contributed by atoms with E-state index >= 15 is 0 Å². The molecule has 0 amide bonds. The molecule has 106 valence electrons. The van der Waals surface area contributed by atoms with Crippen molar-refractivity contribution in [2.75, 3.05) is 26.2 Å². The van der Waals surface area contributed by atoms with Crippen LogP contribution >= 0.6 is 11.6 Å². The third-order valence-electron chi connectivity index (χ3n) is 3.92. The van der Waals surface area contributed by atoms with Crippen LogP contribution in [0.15, 0.2) is 18.2 Å². The summed E-state index contributed by atoms with van der Waals surface area (Å²) >= 11 is 5.97. The molecule has 0 atom stereocenters. The van der Waals surface area contributed by atoms with E-state index in [0.717, 1.165) is 18.1 Å². The van der Waals surface area contributed by atoms with E-state index in [4.69, 9.17) is 11.6 Å². The van der Waals surface area contributed by atoms with Crippen LogP contribution in [0.4, 0.5) is 0 Å². The lowest BCUT2D eigenvalue weighted by atomic mass is 10.1. The van der Waals surface area contributed by atoms with E-state index in [1.54, 1.807) is 0 Å². The number of hydrogen-bond acceptors (Lipinski definition) is 2. The van der Waals surface area contributed by atoms with Crippen LogP contribution in [0.25, 0.3) is 0 Å². The third-order valence-corrected chi connectivity index (χ3v) is 4.16. The van der Waals surface area contributed by atoms with Gasteiger partial charge in [0, 0.05) is 24.7 Å². The lowest BCUT2D eigenvalue weighted by molar-refractivity contribution is 0.284. The number of aryl methyl sites for hydroxylation is 1. The summed E-state index contributed by atoms with van der Waals surface area (Å²) in [6.45, 7) is 7.87. The van der Waals surface area contributed by atoms with Crippen LogP contribution in [0.2, 0.25) is 5.02 Å². The largest absolute Gasteiger partial charge is 0.311 e. The second-order valence-electron chi connectivity index (χ2n) is 5.50. The van der Waals surface area contributed by atoms with Gasteiger partial charge in [-0.1, -0.05) is 30.5 Å². The lowest BCUT2D eigenvalue weighted by Crippen LogP contribution is -2.32. The molecule has 1 N–H and O–H groups in total. The van der Waals surface area contributed by atoms with E-state index in [9.17, 15) is 0 Å². The number of halogens is 1. The molecule has 0 radical (unpaired) electrons. The SMILES string of the molecule is Cc1cc(Cl)ccc1CNCCN1CCCCCC1. The second-order valence-corrected chi connectivity index (χ2v) is 5.94. The van der Waals surface area contributed by atoms with Crippen LogP contribution in [-0.2, 0) is 6.54 Å². The van der Waals surface area contributed by atoms with Crippen molar-refractivity contribution in [3.8, 4) is 0 Å². The van der Waals surface area contributed by atoms with Crippen LogP contribution in [0.3, 0.4) is 0 Å². The molecule has 0 unspecified atom stereocenters. The molecule has 1 aliphatic rings. The molecule has 0 saturated carbocycles. The van der Waals surface area contributed by atoms with Gasteiger partial charge in [0.25, 0.3) is 0 Å².